The van der Waals surface area contributed by atoms with Gasteiger partial charge in [-0.3, -0.25) is 4.98 Å². The number of aliphatic hydroxyl groups excluding tert-OH is 2. The van der Waals surface area contributed by atoms with Gasteiger partial charge in [0.2, 0.25) is 0 Å². The standard InChI is InChI=1S/C10H12N4O4/c15-3-8-6(16)1-7(18-8)5-2-13-14-9(5)11-4-12-10(14)17/h2,4,6-8,15-16H,1,3H2,(H,11,12,17)/t6?,7-,8-/m1/s1. The first kappa shape index (κ1) is 11.3. The molecule has 1 saturated heterocycles. The largest absolute Gasteiger partial charge is 0.394 e. The Hall–Kier alpha value is -1.77. The molecule has 0 amide bonds. The maximum atomic E-state index is 11.5. The molecule has 0 spiro atoms. The maximum Gasteiger partial charge on any atom is 0.349 e. The third-order valence-electron chi connectivity index (χ3n) is 3.09. The Morgan fingerprint density at radius 2 is 2.44 bits per heavy atom. The lowest BCUT2D eigenvalue weighted by Crippen LogP contribution is -2.24. The molecule has 0 radical (unpaired) electrons. The van der Waals surface area contributed by atoms with Gasteiger partial charge >= 0.3 is 5.69 Å². The highest BCUT2D eigenvalue weighted by Gasteiger charge is 2.36. The molecule has 1 aliphatic heterocycles. The topological polar surface area (TPSA) is 113 Å². The van der Waals surface area contributed by atoms with Crippen molar-refractivity contribution in [3.05, 3.63) is 28.6 Å². The summed E-state index contributed by atoms with van der Waals surface area (Å²) in [6.07, 6.45) is 1.39. The first-order chi connectivity index (χ1) is 8.70. The predicted molar refractivity (Wildman–Crippen MR) is 58.9 cm³/mol. The molecule has 3 N–H and O–H groups in total. The molecule has 1 unspecified atom stereocenters. The van der Waals surface area contributed by atoms with Gasteiger partial charge in [-0.05, 0) is 0 Å². The van der Waals surface area contributed by atoms with Gasteiger partial charge in [-0.25, -0.2) is 9.78 Å². The van der Waals surface area contributed by atoms with Crippen molar-refractivity contribution in [3.63, 3.8) is 0 Å². The Morgan fingerprint density at radius 3 is 3.17 bits per heavy atom. The van der Waals surface area contributed by atoms with Crippen molar-refractivity contribution in [2.45, 2.75) is 24.7 Å². The van der Waals surface area contributed by atoms with E-state index < -0.39 is 18.3 Å². The second-order valence-corrected chi connectivity index (χ2v) is 4.19. The summed E-state index contributed by atoms with van der Waals surface area (Å²) in [5, 5.41) is 22.6. The average Bonchev–Trinajstić information content (AvgIpc) is 2.93. The lowest BCUT2D eigenvalue weighted by molar-refractivity contribution is -0.0222. The summed E-state index contributed by atoms with van der Waals surface area (Å²) < 4.78 is 6.65. The van der Waals surface area contributed by atoms with E-state index in [1.54, 1.807) is 0 Å². The van der Waals surface area contributed by atoms with Crippen molar-refractivity contribution in [1.29, 1.82) is 0 Å². The number of fused-ring (bicyclic) bond motifs is 1. The molecule has 2 aromatic rings. The maximum absolute atomic E-state index is 11.5. The van der Waals surface area contributed by atoms with Crippen LogP contribution in [-0.4, -0.2) is 48.6 Å². The van der Waals surface area contributed by atoms with Crippen LogP contribution in [-0.2, 0) is 4.74 Å². The van der Waals surface area contributed by atoms with E-state index in [2.05, 4.69) is 15.1 Å². The molecule has 18 heavy (non-hydrogen) atoms. The third-order valence-corrected chi connectivity index (χ3v) is 3.09. The van der Waals surface area contributed by atoms with Crippen LogP contribution in [0.2, 0.25) is 0 Å². The van der Waals surface area contributed by atoms with E-state index in [1.807, 2.05) is 0 Å². The first-order valence-corrected chi connectivity index (χ1v) is 5.56. The van der Waals surface area contributed by atoms with E-state index in [0.717, 1.165) is 4.52 Å². The molecule has 0 saturated carbocycles. The number of nitrogens with zero attached hydrogens (tertiary/aromatic N) is 3. The third kappa shape index (κ3) is 1.62. The van der Waals surface area contributed by atoms with Crippen molar-refractivity contribution in [2.24, 2.45) is 0 Å². The van der Waals surface area contributed by atoms with Gasteiger partial charge < -0.3 is 14.9 Å². The van der Waals surface area contributed by atoms with Crippen molar-refractivity contribution in [2.75, 3.05) is 6.61 Å². The minimum absolute atomic E-state index is 0.245. The lowest BCUT2D eigenvalue weighted by atomic mass is 10.1. The van der Waals surface area contributed by atoms with Gasteiger partial charge in [0.05, 0.1) is 31.3 Å². The molecule has 0 aliphatic carbocycles. The van der Waals surface area contributed by atoms with Gasteiger partial charge in [-0.1, -0.05) is 0 Å². The highest BCUT2D eigenvalue weighted by molar-refractivity contribution is 5.46. The van der Waals surface area contributed by atoms with Crippen molar-refractivity contribution < 1.29 is 14.9 Å². The van der Waals surface area contributed by atoms with Crippen LogP contribution in [0.25, 0.3) is 5.65 Å². The minimum Gasteiger partial charge on any atom is -0.394 e. The molecule has 3 rings (SSSR count). The summed E-state index contributed by atoms with van der Waals surface area (Å²) in [7, 11) is 0. The average molecular weight is 252 g/mol. The van der Waals surface area contributed by atoms with Crippen LogP contribution in [0.1, 0.15) is 18.1 Å². The monoisotopic (exact) mass is 252 g/mol. The van der Waals surface area contributed by atoms with Gasteiger partial charge in [0.15, 0.2) is 5.65 Å². The molecular weight excluding hydrogens is 240 g/mol. The number of aromatic nitrogens is 4. The summed E-state index contributed by atoms with van der Waals surface area (Å²) in [5.41, 5.74) is 0.647. The zero-order valence-corrected chi connectivity index (χ0v) is 9.35. The molecule has 8 heteroatoms. The fourth-order valence-corrected chi connectivity index (χ4v) is 2.16. The van der Waals surface area contributed by atoms with Crippen molar-refractivity contribution in [1.82, 2.24) is 19.6 Å². The van der Waals surface area contributed by atoms with Crippen molar-refractivity contribution >= 4 is 5.65 Å². The Morgan fingerprint density at radius 1 is 1.61 bits per heavy atom. The van der Waals surface area contributed by atoms with Crippen LogP contribution >= 0.6 is 0 Å². The highest BCUT2D eigenvalue weighted by Crippen LogP contribution is 2.33. The van der Waals surface area contributed by atoms with E-state index in [0.29, 0.717) is 17.6 Å². The van der Waals surface area contributed by atoms with Crippen LogP contribution in [0.15, 0.2) is 17.3 Å². The molecule has 3 heterocycles. The summed E-state index contributed by atoms with van der Waals surface area (Å²) in [4.78, 5) is 17.9. The second-order valence-electron chi connectivity index (χ2n) is 4.19. The number of hydrogen-bond acceptors (Lipinski definition) is 6. The number of nitrogens with one attached hydrogen (secondary N) is 1. The fraction of sp³-hybridized carbons (Fsp3) is 0.500. The summed E-state index contributed by atoms with van der Waals surface area (Å²) in [6, 6.07) is 0. The Balaban J connectivity index is 2.01. The number of aromatic amines is 1. The number of H-pyrrole nitrogens is 1. The molecule has 8 nitrogen and oxygen atoms in total. The zero-order valence-electron chi connectivity index (χ0n) is 9.35. The number of ether oxygens (including phenoxy) is 1. The Bertz CT molecular complexity index is 622. The normalized spacial score (nSPS) is 28.0. The van der Waals surface area contributed by atoms with Crippen LogP contribution < -0.4 is 5.69 Å². The Kier molecular flexibility index (Phi) is 2.62. The van der Waals surface area contributed by atoms with Crippen molar-refractivity contribution in [3.8, 4) is 0 Å². The minimum atomic E-state index is -0.725. The van der Waals surface area contributed by atoms with E-state index in [1.165, 1.54) is 12.5 Å². The van der Waals surface area contributed by atoms with Crippen LogP contribution in [0.3, 0.4) is 0 Å². The number of rotatable bonds is 2. The van der Waals surface area contributed by atoms with Gasteiger partial charge in [0.25, 0.3) is 0 Å². The van der Waals surface area contributed by atoms with Gasteiger partial charge in [-0.15, -0.1) is 0 Å². The fourth-order valence-electron chi connectivity index (χ4n) is 2.16. The molecule has 1 fully saturated rings. The van der Waals surface area contributed by atoms with E-state index in [4.69, 9.17) is 9.84 Å². The van der Waals surface area contributed by atoms with Crippen LogP contribution in [0.5, 0.6) is 0 Å². The molecule has 0 aromatic carbocycles. The zero-order chi connectivity index (χ0) is 12.7. The predicted octanol–water partition coefficient (Wildman–Crippen LogP) is -1.40. The molecule has 2 aromatic heterocycles. The SMILES string of the molecule is O=c1[nH]cnc2c([C@H]3CC(O)[C@@H](CO)O3)cnn12. The number of aliphatic hydroxyl groups is 2. The summed E-state index contributed by atoms with van der Waals surface area (Å²) in [6.45, 7) is -0.245. The second kappa shape index (κ2) is 4.16. The molecule has 96 valence electrons. The van der Waals surface area contributed by atoms with Crippen LogP contribution in [0.4, 0.5) is 0 Å². The molecule has 0 bridgehead atoms. The van der Waals surface area contributed by atoms with E-state index in [-0.39, 0.29) is 12.3 Å². The highest BCUT2D eigenvalue weighted by atomic mass is 16.5. The molecular formula is C10H12N4O4. The smallest absolute Gasteiger partial charge is 0.349 e. The van der Waals surface area contributed by atoms with Gasteiger partial charge in [-0.2, -0.15) is 9.61 Å². The molecule has 1 aliphatic rings. The van der Waals surface area contributed by atoms with Gasteiger partial charge in [0.1, 0.15) is 6.10 Å². The van der Waals surface area contributed by atoms with Crippen LogP contribution in [0, 0.1) is 0 Å². The van der Waals surface area contributed by atoms with E-state index >= 15 is 0 Å². The van der Waals surface area contributed by atoms with E-state index in [9.17, 15) is 9.90 Å². The van der Waals surface area contributed by atoms with Gasteiger partial charge in [0, 0.05) is 12.0 Å². The molecule has 3 atom stereocenters. The number of hydrogen-bond donors (Lipinski definition) is 3. The first-order valence-electron chi connectivity index (χ1n) is 5.56. The quantitative estimate of drug-likeness (QED) is 0.606. The lowest BCUT2D eigenvalue weighted by Gasteiger charge is -2.10. The summed E-state index contributed by atoms with van der Waals surface area (Å²) in [5.74, 6) is 0. The Labute approximate surface area is 101 Å². The summed E-state index contributed by atoms with van der Waals surface area (Å²) >= 11 is 0.